The molecule has 4 heteroatoms. The number of methoxy groups -OCH3 is 1. The Labute approximate surface area is 121 Å². The summed E-state index contributed by atoms with van der Waals surface area (Å²) in [6, 6.07) is 7.77. The van der Waals surface area contributed by atoms with Crippen molar-refractivity contribution in [3.05, 3.63) is 29.8 Å². The second-order valence-electron chi connectivity index (χ2n) is 5.40. The fourth-order valence-corrected chi connectivity index (χ4v) is 1.85. The quantitative estimate of drug-likeness (QED) is 0.768. The first-order valence-corrected chi connectivity index (χ1v) is 7.15. The lowest BCUT2D eigenvalue weighted by atomic mass is 10.1. The Bertz CT molecular complexity index is 419. The van der Waals surface area contributed by atoms with Crippen LogP contribution in [-0.4, -0.2) is 32.2 Å². The third-order valence-electron chi connectivity index (χ3n) is 3.04. The average molecular weight is 278 g/mol. The van der Waals surface area contributed by atoms with E-state index in [2.05, 4.69) is 30.5 Å². The maximum absolute atomic E-state index is 12.0. The number of benzene rings is 1. The van der Waals surface area contributed by atoms with Gasteiger partial charge in [-0.2, -0.15) is 0 Å². The highest BCUT2D eigenvalue weighted by atomic mass is 16.5. The SMILES string of the molecule is COCCc1ccccc1NC(C)C(=O)NCC(C)C. The highest BCUT2D eigenvalue weighted by molar-refractivity contribution is 5.84. The van der Waals surface area contributed by atoms with E-state index in [1.54, 1.807) is 7.11 Å². The summed E-state index contributed by atoms with van der Waals surface area (Å²) in [6.07, 6.45) is 0.833. The average Bonchev–Trinajstić information content (AvgIpc) is 2.43. The van der Waals surface area contributed by atoms with Gasteiger partial charge in [0.05, 0.1) is 6.61 Å². The first-order valence-electron chi connectivity index (χ1n) is 7.15. The molecule has 0 radical (unpaired) electrons. The molecule has 0 spiro atoms. The molecular formula is C16H26N2O2. The number of amides is 1. The Balaban J connectivity index is 2.60. The monoisotopic (exact) mass is 278 g/mol. The molecule has 1 amide bonds. The molecule has 2 N–H and O–H groups in total. The van der Waals surface area contributed by atoms with Gasteiger partial charge in [0.15, 0.2) is 0 Å². The predicted molar refractivity (Wildman–Crippen MR) is 83.0 cm³/mol. The van der Waals surface area contributed by atoms with Crippen LogP contribution < -0.4 is 10.6 Å². The second-order valence-corrected chi connectivity index (χ2v) is 5.40. The van der Waals surface area contributed by atoms with Crippen molar-refractivity contribution in [1.29, 1.82) is 0 Å². The van der Waals surface area contributed by atoms with E-state index in [1.165, 1.54) is 0 Å². The van der Waals surface area contributed by atoms with Crippen LogP contribution in [0, 0.1) is 5.92 Å². The van der Waals surface area contributed by atoms with Gasteiger partial charge in [-0.3, -0.25) is 4.79 Å². The van der Waals surface area contributed by atoms with E-state index in [9.17, 15) is 4.79 Å². The lowest BCUT2D eigenvalue weighted by Gasteiger charge is -2.18. The minimum atomic E-state index is -0.252. The first-order chi connectivity index (χ1) is 9.54. The molecule has 0 aliphatic rings. The summed E-state index contributed by atoms with van der Waals surface area (Å²) in [7, 11) is 1.69. The molecule has 0 aromatic heterocycles. The van der Waals surface area contributed by atoms with Crippen molar-refractivity contribution < 1.29 is 9.53 Å². The molecule has 0 saturated heterocycles. The molecule has 0 saturated carbocycles. The smallest absolute Gasteiger partial charge is 0.242 e. The van der Waals surface area contributed by atoms with E-state index in [0.29, 0.717) is 19.1 Å². The molecule has 1 unspecified atom stereocenters. The number of carbonyl (C=O) groups excluding carboxylic acids is 1. The summed E-state index contributed by atoms with van der Waals surface area (Å²) in [5.41, 5.74) is 2.16. The summed E-state index contributed by atoms with van der Waals surface area (Å²) >= 11 is 0. The lowest BCUT2D eigenvalue weighted by Crippen LogP contribution is -2.39. The van der Waals surface area contributed by atoms with Crippen LogP contribution in [0.5, 0.6) is 0 Å². The molecule has 1 atom stereocenters. The van der Waals surface area contributed by atoms with Crippen molar-refractivity contribution in [2.75, 3.05) is 25.6 Å². The fourth-order valence-electron chi connectivity index (χ4n) is 1.85. The van der Waals surface area contributed by atoms with Gasteiger partial charge in [0.2, 0.25) is 5.91 Å². The van der Waals surface area contributed by atoms with Crippen LogP contribution >= 0.6 is 0 Å². The third kappa shape index (κ3) is 5.61. The molecule has 0 aliphatic carbocycles. The van der Waals surface area contributed by atoms with Crippen LogP contribution in [0.4, 0.5) is 5.69 Å². The first kappa shape index (κ1) is 16.5. The second kappa shape index (κ2) is 8.59. The van der Waals surface area contributed by atoms with E-state index >= 15 is 0 Å². The van der Waals surface area contributed by atoms with E-state index in [1.807, 2.05) is 25.1 Å². The number of nitrogens with one attached hydrogen (secondary N) is 2. The molecule has 0 aliphatic heterocycles. The number of hydrogen-bond donors (Lipinski definition) is 2. The van der Waals surface area contributed by atoms with Gasteiger partial charge in [-0.25, -0.2) is 0 Å². The summed E-state index contributed by atoms with van der Waals surface area (Å²) in [5, 5.41) is 6.21. The van der Waals surface area contributed by atoms with Crippen LogP contribution in [0.25, 0.3) is 0 Å². The molecular weight excluding hydrogens is 252 g/mol. The molecule has 1 rings (SSSR count). The molecule has 4 nitrogen and oxygen atoms in total. The van der Waals surface area contributed by atoms with Crippen molar-refractivity contribution in [1.82, 2.24) is 5.32 Å². The minimum Gasteiger partial charge on any atom is -0.384 e. The van der Waals surface area contributed by atoms with Crippen LogP contribution in [0.2, 0.25) is 0 Å². The molecule has 112 valence electrons. The maximum atomic E-state index is 12.0. The van der Waals surface area contributed by atoms with Crippen molar-refractivity contribution in [2.24, 2.45) is 5.92 Å². The van der Waals surface area contributed by atoms with Crippen molar-refractivity contribution in [3.8, 4) is 0 Å². The van der Waals surface area contributed by atoms with Gasteiger partial charge in [0.25, 0.3) is 0 Å². The van der Waals surface area contributed by atoms with Crippen molar-refractivity contribution in [2.45, 2.75) is 33.2 Å². The van der Waals surface area contributed by atoms with Gasteiger partial charge >= 0.3 is 0 Å². The third-order valence-corrected chi connectivity index (χ3v) is 3.04. The van der Waals surface area contributed by atoms with Crippen LogP contribution in [0.1, 0.15) is 26.3 Å². The Morgan fingerprint density at radius 1 is 1.25 bits per heavy atom. The molecule has 0 fully saturated rings. The van der Waals surface area contributed by atoms with E-state index in [0.717, 1.165) is 17.7 Å². The maximum Gasteiger partial charge on any atom is 0.242 e. The lowest BCUT2D eigenvalue weighted by molar-refractivity contribution is -0.121. The predicted octanol–water partition coefficient (Wildman–Crippen LogP) is 2.45. The van der Waals surface area contributed by atoms with E-state index in [-0.39, 0.29) is 11.9 Å². The number of hydrogen-bond acceptors (Lipinski definition) is 3. The zero-order chi connectivity index (χ0) is 15.0. The summed E-state index contributed by atoms with van der Waals surface area (Å²) in [6.45, 7) is 7.42. The van der Waals surface area contributed by atoms with Gasteiger partial charge in [0, 0.05) is 19.3 Å². The van der Waals surface area contributed by atoms with Gasteiger partial charge in [0.1, 0.15) is 6.04 Å². The summed E-state index contributed by atoms with van der Waals surface area (Å²) in [4.78, 5) is 12.0. The Morgan fingerprint density at radius 3 is 2.60 bits per heavy atom. The minimum absolute atomic E-state index is 0.0280. The standard InChI is InChI=1S/C16H26N2O2/c1-12(2)11-17-16(19)13(3)18-15-8-6-5-7-14(15)9-10-20-4/h5-8,12-13,18H,9-11H2,1-4H3,(H,17,19). The number of para-hydroxylation sites is 1. The molecule has 0 bridgehead atoms. The Kier molecular flexibility index (Phi) is 7.09. The van der Waals surface area contributed by atoms with Gasteiger partial charge in [-0.15, -0.1) is 0 Å². The van der Waals surface area contributed by atoms with Crippen LogP contribution in [-0.2, 0) is 16.0 Å². The topological polar surface area (TPSA) is 50.4 Å². The summed E-state index contributed by atoms with van der Waals surface area (Å²) < 4.78 is 5.11. The Hall–Kier alpha value is -1.55. The van der Waals surface area contributed by atoms with Crippen molar-refractivity contribution in [3.63, 3.8) is 0 Å². The normalized spacial score (nSPS) is 12.2. The van der Waals surface area contributed by atoms with Crippen molar-refractivity contribution >= 4 is 11.6 Å². The molecule has 1 aromatic rings. The highest BCUT2D eigenvalue weighted by Gasteiger charge is 2.13. The van der Waals surface area contributed by atoms with Gasteiger partial charge in [-0.1, -0.05) is 32.0 Å². The van der Waals surface area contributed by atoms with Gasteiger partial charge in [-0.05, 0) is 30.9 Å². The van der Waals surface area contributed by atoms with E-state index < -0.39 is 0 Å². The largest absolute Gasteiger partial charge is 0.384 e. The summed E-state index contributed by atoms with van der Waals surface area (Å²) in [5.74, 6) is 0.486. The Morgan fingerprint density at radius 2 is 1.95 bits per heavy atom. The number of anilines is 1. The number of carbonyl (C=O) groups is 1. The zero-order valence-corrected chi connectivity index (χ0v) is 12.9. The molecule has 20 heavy (non-hydrogen) atoms. The van der Waals surface area contributed by atoms with Gasteiger partial charge < -0.3 is 15.4 Å². The zero-order valence-electron chi connectivity index (χ0n) is 12.9. The highest BCUT2D eigenvalue weighted by Crippen LogP contribution is 2.16. The van der Waals surface area contributed by atoms with Crippen LogP contribution in [0.3, 0.4) is 0 Å². The van der Waals surface area contributed by atoms with E-state index in [4.69, 9.17) is 4.74 Å². The van der Waals surface area contributed by atoms with Crippen LogP contribution in [0.15, 0.2) is 24.3 Å². The molecule has 0 heterocycles. The fraction of sp³-hybridized carbons (Fsp3) is 0.562. The number of ether oxygens (including phenoxy) is 1. The number of rotatable bonds is 8. The molecule has 1 aromatic carbocycles.